The summed E-state index contributed by atoms with van der Waals surface area (Å²) < 4.78 is 70.4. The van der Waals surface area contributed by atoms with Gasteiger partial charge < -0.3 is 14.8 Å². The zero-order valence-corrected chi connectivity index (χ0v) is 23.3. The summed E-state index contributed by atoms with van der Waals surface area (Å²) in [6, 6.07) is 8.47. The molecule has 3 rings (SSSR count). The predicted octanol–water partition coefficient (Wildman–Crippen LogP) is 7.21. The molecule has 0 spiro atoms. The van der Waals surface area contributed by atoms with Crippen LogP contribution in [0.25, 0.3) is 5.57 Å². The van der Waals surface area contributed by atoms with Gasteiger partial charge in [-0.05, 0) is 67.8 Å². The third kappa shape index (κ3) is 7.90. The van der Waals surface area contributed by atoms with Crippen LogP contribution < -0.4 is 10.9 Å². The second kappa shape index (κ2) is 14.2. The molecular formula is C31H30F5N5O. The summed E-state index contributed by atoms with van der Waals surface area (Å²) in [5.41, 5.74) is 0.781. The SMILES string of the molecule is C=N/C=C(\C=NCC1=CC=C(F)C(=C)N1C)c1ccc([C@@H](C)Nc2ccc(F)cc2C(F)F)cc(F)ccc(=O)n1C. The molecule has 1 aromatic carbocycles. The van der Waals surface area contributed by atoms with Crippen molar-refractivity contribution in [2.75, 3.05) is 18.9 Å². The van der Waals surface area contributed by atoms with Gasteiger partial charge in [0, 0.05) is 61.1 Å². The van der Waals surface area contributed by atoms with E-state index < -0.39 is 41.1 Å². The van der Waals surface area contributed by atoms with Gasteiger partial charge in [-0.1, -0.05) is 12.6 Å². The highest BCUT2D eigenvalue weighted by Crippen LogP contribution is 2.30. The number of nitrogens with zero attached hydrogens (tertiary/aromatic N) is 4. The highest BCUT2D eigenvalue weighted by Gasteiger charge is 2.17. The molecule has 0 bridgehead atoms. The van der Waals surface area contributed by atoms with Crippen molar-refractivity contribution in [3.63, 3.8) is 0 Å². The summed E-state index contributed by atoms with van der Waals surface area (Å²) in [5.74, 6) is -2.01. The summed E-state index contributed by atoms with van der Waals surface area (Å²) in [5, 5.41) is 2.89. The Morgan fingerprint density at radius 3 is 2.40 bits per heavy atom. The van der Waals surface area contributed by atoms with Crippen LogP contribution in [0.1, 0.15) is 36.2 Å². The van der Waals surface area contributed by atoms with E-state index in [1.165, 1.54) is 48.3 Å². The van der Waals surface area contributed by atoms with Crippen LogP contribution in [-0.4, -0.2) is 36.0 Å². The van der Waals surface area contributed by atoms with Crippen LogP contribution in [-0.2, 0) is 7.05 Å². The van der Waals surface area contributed by atoms with Crippen molar-refractivity contribution in [2.45, 2.75) is 19.4 Å². The van der Waals surface area contributed by atoms with Crippen molar-refractivity contribution in [1.29, 1.82) is 0 Å². The van der Waals surface area contributed by atoms with E-state index >= 15 is 0 Å². The number of likely N-dealkylation sites (N-methyl/N-ethyl adjacent to an activating group) is 1. The number of anilines is 1. The first-order valence-corrected chi connectivity index (χ1v) is 12.7. The highest BCUT2D eigenvalue weighted by molar-refractivity contribution is 6.09. The van der Waals surface area contributed by atoms with Crippen LogP contribution in [0.15, 0.2) is 105 Å². The van der Waals surface area contributed by atoms with Crippen molar-refractivity contribution >= 4 is 24.2 Å². The minimum atomic E-state index is -2.94. The number of hydrogen-bond acceptors (Lipinski definition) is 5. The maximum absolute atomic E-state index is 14.7. The molecule has 220 valence electrons. The van der Waals surface area contributed by atoms with Gasteiger partial charge in [-0.3, -0.25) is 14.8 Å². The van der Waals surface area contributed by atoms with Crippen LogP contribution in [0.2, 0.25) is 0 Å². The number of aromatic nitrogens is 1. The lowest BCUT2D eigenvalue weighted by molar-refractivity contribution is 0.151. The third-order valence-corrected chi connectivity index (χ3v) is 6.48. The lowest BCUT2D eigenvalue weighted by atomic mass is 10.1. The Morgan fingerprint density at radius 1 is 1.02 bits per heavy atom. The third-order valence-electron chi connectivity index (χ3n) is 6.48. The Bertz CT molecular complexity index is 1610. The molecule has 0 amide bonds. The minimum Gasteiger partial charge on any atom is -0.378 e. The Balaban J connectivity index is 2.07. The molecule has 1 atom stereocenters. The van der Waals surface area contributed by atoms with Crippen LogP contribution in [0.3, 0.4) is 0 Å². The molecule has 6 nitrogen and oxygen atoms in total. The smallest absolute Gasteiger partial charge is 0.265 e. The molecule has 11 heteroatoms. The minimum absolute atomic E-state index is 0.0132. The Kier molecular flexibility index (Phi) is 10.7. The van der Waals surface area contributed by atoms with Crippen LogP contribution in [0.5, 0.6) is 0 Å². The molecular weight excluding hydrogens is 553 g/mol. The first-order chi connectivity index (χ1) is 19.9. The average Bonchev–Trinajstić information content (AvgIpc) is 2.95. The fraction of sp³-hybridized carbons (Fsp3) is 0.194. The summed E-state index contributed by atoms with van der Waals surface area (Å²) in [6.07, 6.45) is 2.77. The highest BCUT2D eigenvalue weighted by atomic mass is 19.3. The van der Waals surface area contributed by atoms with E-state index in [9.17, 15) is 26.7 Å². The summed E-state index contributed by atoms with van der Waals surface area (Å²) >= 11 is 0. The second-order valence-electron chi connectivity index (χ2n) is 9.29. The number of rotatable bonds is 9. The number of alkyl halides is 2. The topological polar surface area (TPSA) is 62.0 Å². The Labute approximate surface area is 240 Å². The number of allylic oxidation sites excluding steroid dienone is 4. The van der Waals surface area contributed by atoms with Gasteiger partial charge >= 0.3 is 0 Å². The van der Waals surface area contributed by atoms with Gasteiger partial charge in [0.15, 0.2) is 0 Å². The summed E-state index contributed by atoms with van der Waals surface area (Å²) in [4.78, 5) is 22.6. The van der Waals surface area contributed by atoms with Crippen LogP contribution in [0, 0.1) is 11.6 Å². The first-order valence-electron chi connectivity index (χ1n) is 12.7. The van der Waals surface area contributed by atoms with E-state index in [4.69, 9.17) is 0 Å². The molecule has 0 aliphatic carbocycles. The predicted molar refractivity (Wildman–Crippen MR) is 158 cm³/mol. The molecule has 0 unspecified atom stereocenters. The quantitative estimate of drug-likeness (QED) is 0.251. The van der Waals surface area contributed by atoms with E-state index in [2.05, 4.69) is 28.6 Å². The molecule has 1 N–H and O–H groups in total. The largest absolute Gasteiger partial charge is 0.378 e. The summed E-state index contributed by atoms with van der Waals surface area (Å²) in [6.45, 7) is 8.95. The standard InChI is InChI=1S/C31H30F5N5O/c1-19(39-28-11-7-24(33)15-26(28)31(35)36)21-6-12-29(41(5)30(42)13-8-23(32)14-21)22(16-37-3)17-38-18-25-9-10-27(34)20(2)40(25)4/h6-17,19,31,39H,2-3,18H2,1,4-5H3/b13-8?,21-6?,22-16+,23-14?,29-12?,38-17?/t19-/m1/s1. The van der Waals surface area contributed by atoms with E-state index in [1.54, 1.807) is 24.9 Å². The van der Waals surface area contributed by atoms with Crippen molar-refractivity contribution in [2.24, 2.45) is 17.0 Å². The fourth-order valence-corrected chi connectivity index (χ4v) is 4.02. The molecule has 42 heavy (non-hydrogen) atoms. The molecule has 0 radical (unpaired) electrons. The van der Waals surface area contributed by atoms with Crippen LogP contribution in [0.4, 0.5) is 27.6 Å². The van der Waals surface area contributed by atoms with Gasteiger partial charge in [0.2, 0.25) is 0 Å². The van der Waals surface area contributed by atoms with Crippen molar-refractivity contribution in [3.05, 3.63) is 129 Å². The fourth-order valence-electron chi connectivity index (χ4n) is 4.02. The molecule has 0 saturated heterocycles. The van der Waals surface area contributed by atoms with E-state index in [0.717, 1.165) is 30.3 Å². The maximum Gasteiger partial charge on any atom is 0.265 e. The molecule has 2 heterocycles. The Hall–Kier alpha value is -4.80. The number of halogens is 5. The van der Waals surface area contributed by atoms with Gasteiger partial charge in [-0.25, -0.2) is 22.0 Å². The lowest BCUT2D eigenvalue weighted by Crippen LogP contribution is -2.21. The Morgan fingerprint density at radius 2 is 1.71 bits per heavy atom. The molecule has 0 fully saturated rings. The summed E-state index contributed by atoms with van der Waals surface area (Å²) in [7, 11) is 3.13. The van der Waals surface area contributed by atoms with E-state index in [0.29, 0.717) is 22.5 Å². The zero-order valence-electron chi connectivity index (χ0n) is 23.3. The number of benzene rings is 1. The maximum atomic E-state index is 14.7. The van der Waals surface area contributed by atoms with Gasteiger partial charge in [-0.2, -0.15) is 0 Å². The van der Waals surface area contributed by atoms with Crippen molar-refractivity contribution < 1.29 is 22.0 Å². The molecule has 2 aromatic rings. The molecule has 0 saturated carbocycles. The zero-order chi connectivity index (χ0) is 31.0. The van der Waals surface area contributed by atoms with Gasteiger partial charge in [0.25, 0.3) is 12.0 Å². The number of aliphatic imine (C=N–C) groups is 2. The van der Waals surface area contributed by atoms with E-state index in [-0.39, 0.29) is 17.9 Å². The van der Waals surface area contributed by atoms with Crippen molar-refractivity contribution in [1.82, 2.24) is 9.47 Å². The molecule has 1 aromatic heterocycles. The normalized spacial score (nSPS) is 14.5. The molecule has 1 aliphatic rings. The van der Waals surface area contributed by atoms with Crippen molar-refractivity contribution in [3.8, 4) is 0 Å². The number of nitrogens with one attached hydrogen (secondary N) is 1. The van der Waals surface area contributed by atoms with Gasteiger partial charge in [0.05, 0.1) is 17.9 Å². The molecule has 1 aliphatic heterocycles. The second-order valence-corrected chi connectivity index (χ2v) is 9.29. The monoisotopic (exact) mass is 583 g/mol. The van der Waals surface area contributed by atoms with Crippen LogP contribution >= 0.6 is 0 Å². The van der Waals surface area contributed by atoms with E-state index in [1.807, 2.05) is 0 Å². The number of hydrogen-bond donors (Lipinski definition) is 1. The average molecular weight is 584 g/mol. The first kappa shape index (κ1) is 31.7. The lowest BCUT2D eigenvalue weighted by Gasteiger charge is -2.25. The van der Waals surface area contributed by atoms with Gasteiger partial charge in [-0.15, -0.1) is 0 Å². The van der Waals surface area contributed by atoms with Gasteiger partial charge in [0.1, 0.15) is 17.5 Å².